The third kappa shape index (κ3) is 4.75. The molecule has 0 saturated carbocycles. The standard InChI is InChI=1S/C24H21ClN4O4S/c1-29(18-9-6-8-17(25)14-18)34(31,32)19-10-5-7-16(13-19)24(30)26-23-15-21(27-28-23)20-11-3-4-12-22(20)33-2/h3-15H,1-2H3,(H2,26,27,28,30). The third-order valence-electron chi connectivity index (χ3n) is 5.14. The number of anilines is 2. The van der Waals surface area contributed by atoms with Crippen LogP contribution in [0.4, 0.5) is 11.5 Å². The zero-order valence-corrected chi connectivity index (χ0v) is 19.9. The lowest BCUT2D eigenvalue weighted by molar-refractivity contribution is 0.102. The molecule has 0 fully saturated rings. The first-order chi connectivity index (χ1) is 16.3. The monoisotopic (exact) mass is 496 g/mol. The SMILES string of the molecule is COc1ccccc1-c1cc(NC(=O)c2cccc(S(=O)(=O)N(C)c3cccc(Cl)c3)c2)n[nH]1. The minimum atomic E-state index is -3.92. The first kappa shape index (κ1) is 23.3. The molecule has 8 nitrogen and oxygen atoms in total. The number of nitrogens with zero attached hydrogens (tertiary/aromatic N) is 2. The molecule has 0 radical (unpaired) electrons. The normalized spacial score (nSPS) is 11.1. The molecular formula is C24H21ClN4O4S. The Morgan fingerprint density at radius 1 is 1.03 bits per heavy atom. The van der Waals surface area contributed by atoms with Crippen LogP contribution in [0.5, 0.6) is 5.75 Å². The van der Waals surface area contributed by atoms with Crippen molar-refractivity contribution in [2.24, 2.45) is 0 Å². The van der Waals surface area contributed by atoms with E-state index in [9.17, 15) is 13.2 Å². The zero-order valence-electron chi connectivity index (χ0n) is 18.3. The van der Waals surface area contributed by atoms with Gasteiger partial charge in [-0.3, -0.25) is 14.2 Å². The van der Waals surface area contributed by atoms with Crippen LogP contribution in [0.25, 0.3) is 11.3 Å². The van der Waals surface area contributed by atoms with Crippen molar-refractivity contribution in [1.29, 1.82) is 0 Å². The van der Waals surface area contributed by atoms with Gasteiger partial charge < -0.3 is 10.1 Å². The average Bonchev–Trinajstić information content (AvgIpc) is 3.31. The summed E-state index contributed by atoms with van der Waals surface area (Å²) < 4.78 is 32.7. The quantitative estimate of drug-likeness (QED) is 0.382. The molecule has 1 amide bonds. The molecule has 0 spiro atoms. The van der Waals surface area contributed by atoms with Crippen LogP contribution in [0.3, 0.4) is 0 Å². The maximum absolute atomic E-state index is 13.1. The molecule has 0 atom stereocenters. The number of ether oxygens (including phenoxy) is 1. The Labute approximate surface area is 202 Å². The van der Waals surface area contributed by atoms with Crippen LogP contribution in [0.1, 0.15) is 10.4 Å². The fourth-order valence-electron chi connectivity index (χ4n) is 3.35. The van der Waals surface area contributed by atoms with Crippen molar-refractivity contribution in [3.63, 3.8) is 0 Å². The van der Waals surface area contributed by atoms with Crippen LogP contribution < -0.4 is 14.4 Å². The van der Waals surface area contributed by atoms with Gasteiger partial charge in [0.15, 0.2) is 5.82 Å². The van der Waals surface area contributed by atoms with Gasteiger partial charge in [0, 0.05) is 29.3 Å². The summed E-state index contributed by atoms with van der Waals surface area (Å²) >= 11 is 6.00. The summed E-state index contributed by atoms with van der Waals surface area (Å²) in [5, 5.41) is 10.1. The van der Waals surface area contributed by atoms with Crippen LogP contribution in [0, 0.1) is 0 Å². The van der Waals surface area contributed by atoms with Crippen molar-refractivity contribution in [3.05, 3.63) is 89.4 Å². The smallest absolute Gasteiger partial charge is 0.264 e. The van der Waals surface area contributed by atoms with E-state index in [1.807, 2.05) is 24.3 Å². The highest BCUT2D eigenvalue weighted by molar-refractivity contribution is 7.92. The maximum Gasteiger partial charge on any atom is 0.264 e. The van der Waals surface area contributed by atoms with Gasteiger partial charge in [-0.15, -0.1) is 0 Å². The molecule has 10 heteroatoms. The molecule has 4 rings (SSSR count). The van der Waals surface area contributed by atoms with Crippen LogP contribution in [0.15, 0.2) is 83.8 Å². The lowest BCUT2D eigenvalue weighted by Crippen LogP contribution is -2.26. The number of hydrogen-bond donors (Lipinski definition) is 2. The van der Waals surface area contributed by atoms with Gasteiger partial charge in [0.1, 0.15) is 5.75 Å². The number of benzene rings is 3. The molecule has 2 N–H and O–H groups in total. The summed E-state index contributed by atoms with van der Waals surface area (Å²) in [5.74, 6) is 0.446. The number of aromatic amines is 1. The first-order valence-corrected chi connectivity index (χ1v) is 12.0. The van der Waals surface area contributed by atoms with Gasteiger partial charge in [-0.2, -0.15) is 5.10 Å². The number of methoxy groups -OCH3 is 1. The molecule has 34 heavy (non-hydrogen) atoms. The van der Waals surface area contributed by atoms with Crippen molar-refractivity contribution >= 4 is 39.0 Å². The van der Waals surface area contributed by atoms with Gasteiger partial charge in [-0.1, -0.05) is 35.9 Å². The van der Waals surface area contributed by atoms with E-state index in [2.05, 4.69) is 15.5 Å². The van der Waals surface area contributed by atoms with Gasteiger partial charge in [-0.25, -0.2) is 8.42 Å². The van der Waals surface area contributed by atoms with Crippen LogP contribution >= 0.6 is 11.6 Å². The second-order valence-corrected chi connectivity index (χ2v) is 9.71. The number of carbonyl (C=O) groups is 1. The highest BCUT2D eigenvalue weighted by Crippen LogP contribution is 2.29. The molecule has 4 aromatic rings. The van der Waals surface area contributed by atoms with Crippen LogP contribution in [-0.4, -0.2) is 38.7 Å². The number of sulfonamides is 1. The highest BCUT2D eigenvalue weighted by Gasteiger charge is 2.23. The van der Waals surface area contributed by atoms with Gasteiger partial charge in [0.25, 0.3) is 15.9 Å². The Morgan fingerprint density at radius 2 is 1.79 bits per heavy atom. The molecule has 0 saturated heterocycles. The van der Waals surface area contributed by atoms with E-state index >= 15 is 0 Å². The van der Waals surface area contributed by atoms with Gasteiger partial charge in [-0.05, 0) is 48.5 Å². The Bertz CT molecular complexity index is 1450. The van der Waals surface area contributed by atoms with Crippen molar-refractivity contribution in [3.8, 4) is 17.0 Å². The molecule has 0 bridgehead atoms. The van der Waals surface area contributed by atoms with E-state index < -0.39 is 15.9 Å². The van der Waals surface area contributed by atoms with E-state index in [1.165, 1.54) is 31.3 Å². The van der Waals surface area contributed by atoms with Crippen molar-refractivity contribution in [2.45, 2.75) is 4.90 Å². The van der Waals surface area contributed by atoms with Gasteiger partial charge in [0.05, 0.1) is 23.4 Å². The molecule has 1 heterocycles. The molecular weight excluding hydrogens is 476 g/mol. The number of hydrogen-bond acceptors (Lipinski definition) is 5. The van der Waals surface area contributed by atoms with E-state index in [0.717, 1.165) is 9.87 Å². The van der Waals surface area contributed by atoms with E-state index in [1.54, 1.807) is 37.4 Å². The summed E-state index contributed by atoms with van der Waals surface area (Å²) in [6.45, 7) is 0. The van der Waals surface area contributed by atoms with Crippen molar-refractivity contribution in [2.75, 3.05) is 23.8 Å². The predicted molar refractivity (Wildman–Crippen MR) is 132 cm³/mol. The third-order valence-corrected chi connectivity index (χ3v) is 7.16. The van der Waals surface area contributed by atoms with Crippen LogP contribution in [0.2, 0.25) is 5.02 Å². The fourth-order valence-corrected chi connectivity index (χ4v) is 4.76. The number of halogens is 1. The van der Waals surface area contributed by atoms with Gasteiger partial charge >= 0.3 is 0 Å². The number of nitrogens with one attached hydrogen (secondary N) is 2. The summed E-state index contributed by atoms with van der Waals surface area (Å²) in [7, 11) is -0.919. The van der Waals surface area contributed by atoms with Crippen LogP contribution in [-0.2, 0) is 10.0 Å². The number of rotatable bonds is 7. The molecule has 0 aliphatic carbocycles. The number of amides is 1. The van der Waals surface area contributed by atoms with E-state index in [-0.39, 0.29) is 16.3 Å². The first-order valence-electron chi connectivity index (χ1n) is 10.1. The lowest BCUT2D eigenvalue weighted by atomic mass is 10.1. The second kappa shape index (κ2) is 9.58. The fraction of sp³-hybridized carbons (Fsp3) is 0.0833. The molecule has 1 aromatic heterocycles. The maximum atomic E-state index is 13.1. The topological polar surface area (TPSA) is 104 Å². The lowest BCUT2D eigenvalue weighted by Gasteiger charge is -2.20. The largest absolute Gasteiger partial charge is 0.496 e. The highest BCUT2D eigenvalue weighted by atomic mass is 35.5. The van der Waals surface area contributed by atoms with E-state index in [4.69, 9.17) is 16.3 Å². The minimum Gasteiger partial charge on any atom is -0.496 e. The Hall–Kier alpha value is -3.82. The number of H-pyrrole nitrogens is 1. The summed E-state index contributed by atoms with van der Waals surface area (Å²) in [4.78, 5) is 12.8. The van der Waals surface area contributed by atoms with Gasteiger partial charge in [0.2, 0.25) is 0 Å². The molecule has 0 aliphatic rings. The van der Waals surface area contributed by atoms with E-state index in [0.29, 0.717) is 22.2 Å². The Morgan fingerprint density at radius 3 is 2.56 bits per heavy atom. The number of carbonyl (C=O) groups excluding carboxylic acids is 1. The predicted octanol–water partition coefficient (Wildman–Crippen LogP) is 4.82. The summed E-state index contributed by atoms with van der Waals surface area (Å²) in [6, 6.07) is 21.4. The number of para-hydroxylation sites is 1. The Kier molecular flexibility index (Phi) is 6.58. The number of aromatic nitrogens is 2. The minimum absolute atomic E-state index is 0.0284. The second-order valence-electron chi connectivity index (χ2n) is 7.30. The molecule has 0 aliphatic heterocycles. The summed E-state index contributed by atoms with van der Waals surface area (Å²) in [6.07, 6.45) is 0. The molecule has 0 unspecified atom stereocenters. The molecule has 174 valence electrons. The molecule has 3 aromatic carbocycles. The average molecular weight is 497 g/mol. The van der Waals surface area contributed by atoms with Crippen molar-refractivity contribution in [1.82, 2.24) is 10.2 Å². The zero-order chi connectivity index (χ0) is 24.3. The Balaban J connectivity index is 1.55. The summed E-state index contributed by atoms with van der Waals surface area (Å²) in [5.41, 5.74) is 2.02. The van der Waals surface area contributed by atoms with Crippen molar-refractivity contribution < 1.29 is 17.9 Å².